The maximum atomic E-state index is 10.2. The highest BCUT2D eigenvalue weighted by atomic mass is 16.5. The molecule has 0 fully saturated rings. The van der Waals surface area contributed by atoms with Crippen molar-refractivity contribution in [2.24, 2.45) is 5.73 Å². The second-order valence-electron chi connectivity index (χ2n) is 1.55. The van der Waals surface area contributed by atoms with E-state index in [0.29, 0.717) is 6.54 Å². The third-order valence-corrected chi connectivity index (χ3v) is 0.772. The second kappa shape index (κ2) is 6.25. The number of nitrogens with two attached hydrogens (primary N) is 1. The van der Waals surface area contributed by atoms with Crippen molar-refractivity contribution in [1.29, 1.82) is 0 Å². The lowest BCUT2D eigenvalue weighted by Gasteiger charge is -1.95. The summed E-state index contributed by atoms with van der Waals surface area (Å²) in [4.78, 5) is 10.2. The number of esters is 1. The first kappa shape index (κ1) is 9.13. The fourth-order valence-electron chi connectivity index (χ4n) is 0.351. The van der Waals surface area contributed by atoms with Crippen LogP contribution in [0.15, 0.2) is 12.2 Å². The molecule has 0 aliphatic heterocycles. The Morgan fingerprint density at radius 2 is 2.30 bits per heavy atom. The number of ether oxygens (including phenoxy) is 1. The Bertz CT molecular complexity index is 122. The second-order valence-corrected chi connectivity index (χ2v) is 1.55. The van der Waals surface area contributed by atoms with Crippen molar-refractivity contribution in [2.45, 2.75) is 0 Å². The zero-order valence-electron chi connectivity index (χ0n) is 5.62. The monoisotopic (exact) mass is 145 g/mol. The highest BCUT2D eigenvalue weighted by Gasteiger charge is 1.94. The van der Waals surface area contributed by atoms with Gasteiger partial charge in [-0.1, -0.05) is 6.08 Å². The molecule has 0 saturated carbocycles. The van der Waals surface area contributed by atoms with Crippen LogP contribution < -0.4 is 5.73 Å². The van der Waals surface area contributed by atoms with Gasteiger partial charge in [0, 0.05) is 6.54 Å². The third kappa shape index (κ3) is 5.27. The van der Waals surface area contributed by atoms with Crippen molar-refractivity contribution in [3.63, 3.8) is 0 Å². The van der Waals surface area contributed by atoms with Crippen LogP contribution >= 0.6 is 0 Å². The van der Waals surface area contributed by atoms with Crippen molar-refractivity contribution in [2.75, 3.05) is 19.8 Å². The maximum absolute atomic E-state index is 10.2. The average Bonchev–Trinajstić information content (AvgIpc) is 1.98. The van der Waals surface area contributed by atoms with Crippen molar-refractivity contribution in [3.8, 4) is 0 Å². The molecule has 0 bridgehead atoms. The molecule has 0 radical (unpaired) electrons. The van der Waals surface area contributed by atoms with Crippen molar-refractivity contribution >= 4 is 5.97 Å². The number of aliphatic hydroxyl groups is 1. The van der Waals surface area contributed by atoms with Gasteiger partial charge < -0.3 is 15.6 Å². The zero-order chi connectivity index (χ0) is 7.82. The Labute approximate surface area is 59.3 Å². The van der Waals surface area contributed by atoms with Crippen molar-refractivity contribution in [3.05, 3.63) is 12.2 Å². The van der Waals surface area contributed by atoms with E-state index in [1.54, 1.807) is 12.2 Å². The quantitative estimate of drug-likeness (QED) is 0.394. The van der Waals surface area contributed by atoms with Crippen molar-refractivity contribution in [1.82, 2.24) is 0 Å². The summed E-state index contributed by atoms with van der Waals surface area (Å²) in [7, 11) is 0. The molecular formula is C6H11NO3. The van der Waals surface area contributed by atoms with Gasteiger partial charge >= 0.3 is 5.97 Å². The van der Waals surface area contributed by atoms with Gasteiger partial charge in [0.1, 0.15) is 13.2 Å². The van der Waals surface area contributed by atoms with E-state index < -0.39 is 12.6 Å². The van der Waals surface area contributed by atoms with Gasteiger partial charge in [-0.25, -0.2) is 4.79 Å². The smallest absolute Gasteiger partial charge is 0.332 e. The minimum Gasteiger partial charge on any atom is -0.460 e. The van der Waals surface area contributed by atoms with E-state index in [1.165, 1.54) is 0 Å². The maximum Gasteiger partial charge on any atom is 0.332 e. The highest BCUT2D eigenvalue weighted by molar-refractivity contribution is 5.70. The molecule has 0 amide bonds. The molecule has 0 spiro atoms. The van der Waals surface area contributed by atoms with E-state index in [4.69, 9.17) is 10.8 Å². The van der Waals surface area contributed by atoms with Gasteiger partial charge in [-0.2, -0.15) is 0 Å². The Balaban J connectivity index is 3.19. The van der Waals surface area contributed by atoms with Crippen LogP contribution in [0.2, 0.25) is 0 Å². The van der Waals surface area contributed by atoms with Crippen LogP contribution in [0.4, 0.5) is 0 Å². The van der Waals surface area contributed by atoms with Crippen LogP contribution in [0, 0.1) is 0 Å². The molecule has 0 aromatic carbocycles. The molecular weight excluding hydrogens is 134 g/mol. The molecule has 0 saturated heterocycles. The Morgan fingerprint density at radius 1 is 1.60 bits per heavy atom. The standard InChI is InChI=1S/C6H11NO3/c7-3-1-2-4-10-6(9)5-8/h1-2,8H,3-5,7H2. The SMILES string of the molecule is NCC=CCOC(=O)CO. The summed E-state index contributed by atoms with van der Waals surface area (Å²) in [6.07, 6.45) is 3.29. The van der Waals surface area contributed by atoms with E-state index in [-0.39, 0.29) is 6.61 Å². The average molecular weight is 145 g/mol. The summed E-state index contributed by atoms with van der Waals surface area (Å²) < 4.78 is 4.46. The van der Waals surface area contributed by atoms with Gasteiger partial charge in [-0.3, -0.25) is 0 Å². The Hall–Kier alpha value is -0.870. The summed E-state index contributed by atoms with van der Waals surface area (Å²) in [5.74, 6) is -0.623. The van der Waals surface area contributed by atoms with E-state index in [2.05, 4.69) is 4.74 Å². The summed E-state index contributed by atoms with van der Waals surface area (Å²) in [5, 5.41) is 8.17. The summed E-state index contributed by atoms with van der Waals surface area (Å²) in [5.41, 5.74) is 5.10. The van der Waals surface area contributed by atoms with Crippen LogP contribution in [-0.4, -0.2) is 30.8 Å². The zero-order valence-corrected chi connectivity index (χ0v) is 5.62. The predicted octanol–water partition coefficient (Wildman–Crippen LogP) is -0.963. The largest absolute Gasteiger partial charge is 0.460 e. The Morgan fingerprint density at radius 3 is 2.80 bits per heavy atom. The molecule has 0 rings (SSSR count). The molecule has 0 unspecified atom stereocenters. The predicted molar refractivity (Wildman–Crippen MR) is 36.2 cm³/mol. The highest BCUT2D eigenvalue weighted by Crippen LogP contribution is 1.77. The number of hydrogen-bond donors (Lipinski definition) is 2. The molecule has 0 heterocycles. The topological polar surface area (TPSA) is 72.5 Å². The van der Waals surface area contributed by atoms with E-state index in [9.17, 15) is 4.79 Å². The number of carbonyl (C=O) groups is 1. The third-order valence-electron chi connectivity index (χ3n) is 0.772. The molecule has 0 aromatic rings. The first-order valence-electron chi connectivity index (χ1n) is 2.92. The number of rotatable bonds is 4. The number of aliphatic hydroxyl groups excluding tert-OH is 1. The van der Waals surface area contributed by atoms with Gasteiger partial charge in [-0.05, 0) is 6.08 Å². The van der Waals surface area contributed by atoms with Crippen LogP contribution in [0.25, 0.3) is 0 Å². The molecule has 58 valence electrons. The van der Waals surface area contributed by atoms with Crippen LogP contribution in [-0.2, 0) is 9.53 Å². The summed E-state index contributed by atoms with van der Waals surface area (Å²) in [6, 6.07) is 0. The van der Waals surface area contributed by atoms with Crippen LogP contribution in [0.3, 0.4) is 0 Å². The first-order valence-corrected chi connectivity index (χ1v) is 2.92. The molecule has 0 aliphatic carbocycles. The van der Waals surface area contributed by atoms with E-state index in [0.717, 1.165) is 0 Å². The minimum absolute atomic E-state index is 0.177. The van der Waals surface area contributed by atoms with Crippen molar-refractivity contribution < 1.29 is 14.6 Å². The normalized spacial score (nSPS) is 10.2. The van der Waals surface area contributed by atoms with Gasteiger partial charge in [0.25, 0.3) is 0 Å². The fraction of sp³-hybridized carbons (Fsp3) is 0.500. The molecule has 4 heteroatoms. The van der Waals surface area contributed by atoms with E-state index in [1.807, 2.05) is 0 Å². The van der Waals surface area contributed by atoms with Crippen LogP contribution in [0.1, 0.15) is 0 Å². The molecule has 4 nitrogen and oxygen atoms in total. The molecule has 10 heavy (non-hydrogen) atoms. The summed E-state index contributed by atoms with van der Waals surface area (Å²) in [6.45, 7) is 0.0315. The lowest BCUT2D eigenvalue weighted by Crippen LogP contribution is -2.08. The van der Waals surface area contributed by atoms with Gasteiger partial charge in [0.05, 0.1) is 0 Å². The minimum atomic E-state index is -0.623. The number of hydrogen-bond acceptors (Lipinski definition) is 4. The van der Waals surface area contributed by atoms with Crippen LogP contribution in [0.5, 0.6) is 0 Å². The molecule has 3 N–H and O–H groups in total. The van der Waals surface area contributed by atoms with Gasteiger partial charge in [-0.15, -0.1) is 0 Å². The molecule has 0 aliphatic rings. The summed E-state index contributed by atoms with van der Waals surface area (Å²) >= 11 is 0. The van der Waals surface area contributed by atoms with E-state index >= 15 is 0 Å². The Kier molecular flexibility index (Phi) is 5.71. The lowest BCUT2D eigenvalue weighted by molar-refractivity contribution is -0.145. The lowest BCUT2D eigenvalue weighted by atomic mass is 10.5. The first-order chi connectivity index (χ1) is 4.81. The fourth-order valence-corrected chi connectivity index (χ4v) is 0.351. The molecule has 0 atom stereocenters. The van der Waals surface area contributed by atoms with Gasteiger partial charge in [0.2, 0.25) is 0 Å². The molecule has 0 aromatic heterocycles. The van der Waals surface area contributed by atoms with Gasteiger partial charge in [0.15, 0.2) is 0 Å². The number of carbonyl (C=O) groups excluding carboxylic acids is 1.